The lowest BCUT2D eigenvalue weighted by molar-refractivity contribution is 0.292. The van der Waals surface area contributed by atoms with Gasteiger partial charge in [-0.05, 0) is 24.6 Å². The number of nitrogens with zero attached hydrogens (tertiary/aromatic N) is 2. The number of ether oxygens (including phenoxy) is 1. The Bertz CT molecular complexity index is 566. The van der Waals surface area contributed by atoms with E-state index in [0.29, 0.717) is 18.2 Å². The average Bonchev–Trinajstić information content (AvgIpc) is 2.77. The Hall–Kier alpha value is -1.52. The molecule has 2 rings (SSSR count). The highest BCUT2D eigenvalue weighted by Gasteiger charge is 2.07. The summed E-state index contributed by atoms with van der Waals surface area (Å²) in [5, 5.41) is 5.03. The zero-order valence-electron chi connectivity index (χ0n) is 11.2. The van der Waals surface area contributed by atoms with Crippen LogP contribution in [0.25, 0.3) is 0 Å². The largest absolute Gasteiger partial charge is 0.487 e. The Morgan fingerprint density at radius 3 is 2.79 bits per heavy atom. The van der Waals surface area contributed by atoms with Crippen molar-refractivity contribution >= 4 is 11.6 Å². The molecule has 0 aliphatic rings. The summed E-state index contributed by atoms with van der Waals surface area (Å²) < 4.78 is 7.65. The second kappa shape index (κ2) is 6.08. The van der Waals surface area contributed by atoms with Crippen molar-refractivity contribution < 1.29 is 4.74 Å². The third-order valence-corrected chi connectivity index (χ3v) is 3.25. The molecule has 0 saturated heterocycles. The Balaban J connectivity index is 2.13. The summed E-state index contributed by atoms with van der Waals surface area (Å²) >= 11 is 5.98. The number of hydrogen-bond acceptors (Lipinski definition) is 3. The van der Waals surface area contributed by atoms with Crippen LogP contribution in [0.2, 0.25) is 5.02 Å². The van der Waals surface area contributed by atoms with Crippen LogP contribution in [0.5, 0.6) is 5.75 Å². The molecule has 0 aliphatic carbocycles. The van der Waals surface area contributed by atoms with E-state index >= 15 is 0 Å². The van der Waals surface area contributed by atoms with Crippen molar-refractivity contribution in [2.45, 2.75) is 26.5 Å². The molecular weight excluding hydrogens is 262 g/mol. The summed E-state index contributed by atoms with van der Waals surface area (Å²) in [7, 11) is 1.92. The molecule has 102 valence electrons. The van der Waals surface area contributed by atoms with E-state index in [-0.39, 0.29) is 0 Å². The molecule has 0 spiro atoms. The molecule has 1 heterocycles. The lowest BCUT2D eigenvalue weighted by Gasteiger charge is -2.10. The Morgan fingerprint density at radius 2 is 2.16 bits per heavy atom. The van der Waals surface area contributed by atoms with Crippen molar-refractivity contribution in [1.82, 2.24) is 9.78 Å². The van der Waals surface area contributed by atoms with E-state index in [1.165, 1.54) is 0 Å². The van der Waals surface area contributed by atoms with Crippen molar-refractivity contribution in [3.05, 3.63) is 46.2 Å². The van der Waals surface area contributed by atoms with Gasteiger partial charge in [-0.3, -0.25) is 4.68 Å². The first kappa shape index (κ1) is 13.9. The van der Waals surface area contributed by atoms with Gasteiger partial charge in [0.2, 0.25) is 0 Å². The molecule has 1 aromatic heterocycles. The Morgan fingerprint density at radius 1 is 1.37 bits per heavy atom. The first-order valence-electron chi connectivity index (χ1n) is 6.27. The number of hydrogen-bond donors (Lipinski definition) is 1. The molecule has 0 fully saturated rings. The van der Waals surface area contributed by atoms with Gasteiger partial charge in [-0.25, -0.2) is 0 Å². The van der Waals surface area contributed by atoms with Crippen molar-refractivity contribution in [3.63, 3.8) is 0 Å². The average molecular weight is 280 g/mol. The van der Waals surface area contributed by atoms with E-state index in [0.717, 1.165) is 29.1 Å². The van der Waals surface area contributed by atoms with Crippen LogP contribution in [-0.2, 0) is 26.6 Å². The summed E-state index contributed by atoms with van der Waals surface area (Å²) in [6.45, 7) is 2.96. The van der Waals surface area contributed by atoms with Gasteiger partial charge in [0.05, 0.1) is 11.4 Å². The number of nitrogens with two attached hydrogens (primary N) is 1. The summed E-state index contributed by atoms with van der Waals surface area (Å²) in [4.78, 5) is 0. The van der Waals surface area contributed by atoms with Gasteiger partial charge in [0.25, 0.3) is 0 Å². The van der Waals surface area contributed by atoms with Gasteiger partial charge in [-0.15, -0.1) is 0 Å². The number of aromatic nitrogens is 2. The van der Waals surface area contributed by atoms with Crippen LogP contribution < -0.4 is 10.5 Å². The molecule has 5 heteroatoms. The SMILES string of the molecule is CCc1cc(COc2cc(Cl)ccc2CN)n(C)n1. The van der Waals surface area contributed by atoms with Crippen LogP contribution in [0, 0.1) is 0 Å². The first-order chi connectivity index (χ1) is 9.13. The lowest BCUT2D eigenvalue weighted by Crippen LogP contribution is -2.06. The topological polar surface area (TPSA) is 53.1 Å². The van der Waals surface area contributed by atoms with Gasteiger partial charge in [-0.2, -0.15) is 5.10 Å². The molecule has 2 N–H and O–H groups in total. The predicted molar refractivity (Wildman–Crippen MR) is 76.3 cm³/mol. The van der Waals surface area contributed by atoms with Crippen molar-refractivity contribution in [1.29, 1.82) is 0 Å². The maximum Gasteiger partial charge on any atom is 0.130 e. The normalized spacial score (nSPS) is 10.7. The van der Waals surface area contributed by atoms with Gasteiger partial charge in [0.15, 0.2) is 0 Å². The van der Waals surface area contributed by atoms with Crippen molar-refractivity contribution in [2.24, 2.45) is 12.8 Å². The van der Waals surface area contributed by atoms with E-state index in [2.05, 4.69) is 12.0 Å². The third kappa shape index (κ3) is 3.28. The second-order valence-electron chi connectivity index (χ2n) is 4.35. The molecule has 0 radical (unpaired) electrons. The fourth-order valence-electron chi connectivity index (χ4n) is 1.86. The predicted octanol–water partition coefficient (Wildman–Crippen LogP) is 2.67. The molecule has 2 aromatic rings. The van der Waals surface area contributed by atoms with Gasteiger partial charge in [0, 0.05) is 24.2 Å². The zero-order chi connectivity index (χ0) is 13.8. The van der Waals surface area contributed by atoms with Crippen LogP contribution in [0.3, 0.4) is 0 Å². The number of rotatable bonds is 5. The maximum absolute atomic E-state index is 5.98. The maximum atomic E-state index is 5.98. The van der Waals surface area contributed by atoms with Crippen LogP contribution in [-0.4, -0.2) is 9.78 Å². The molecule has 4 nitrogen and oxygen atoms in total. The molecule has 0 amide bonds. The van der Waals surface area contributed by atoms with Crippen molar-refractivity contribution in [2.75, 3.05) is 0 Å². The number of halogens is 1. The summed E-state index contributed by atoms with van der Waals surface area (Å²) in [6.07, 6.45) is 0.916. The zero-order valence-corrected chi connectivity index (χ0v) is 11.9. The standard InChI is InChI=1S/C14H18ClN3O/c1-3-12-7-13(18(2)17-12)9-19-14-6-11(15)5-4-10(14)8-16/h4-7H,3,8-9,16H2,1-2H3. The highest BCUT2D eigenvalue weighted by atomic mass is 35.5. The lowest BCUT2D eigenvalue weighted by atomic mass is 10.2. The quantitative estimate of drug-likeness (QED) is 0.915. The first-order valence-corrected chi connectivity index (χ1v) is 6.65. The van der Waals surface area contributed by atoms with Gasteiger partial charge in [0.1, 0.15) is 12.4 Å². The van der Waals surface area contributed by atoms with E-state index in [4.69, 9.17) is 22.1 Å². The van der Waals surface area contributed by atoms with E-state index in [1.54, 1.807) is 6.07 Å². The third-order valence-electron chi connectivity index (χ3n) is 3.01. The van der Waals surface area contributed by atoms with Crippen LogP contribution in [0.15, 0.2) is 24.3 Å². The van der Waals surface area contributed by atoms with Gasteiger partial charge in [-0.1, -0.05) is 24.6 Å². The molecular formula is C14H18ClN3O. The van der Waals surface area contributed by atoms with E-state index in [9.17, 15) is 0 Å². The molecule has 1 aromatic carbocycles. The Kier molecular flexibility index (Phi) is 4.45. The molecule has 19 heavy (non-hydrogen) atoms. The monoisotopic (exact) mass is 279 g/mol. The summed E-state index contributed by atoms with van der Waals surface area (Å²) in [5.74, 6) is 0.731. The Labute approximate surface area is 118 Å². The van der Waals surface area contributed by atoms with Crippen molar-refractivity contribution in [3.8, 4) is 5.75 Å². The summed E-state index contributed by atoms with van der Waals surface area (Å²) in [5.41, 5.74) is 8.72. The molecule has 0 bridgehead atoms. The van der Waals surface area contributed by atoms with E-state index in [1.807, 2.05) is 29.9 Å². The number of aryl methyl sites for hydroxylation is 2. The van der Waals surface area contributed by atoms with Crippen LogP contribution in [0.1, 0.15) is 23.9 Å². The van der Waals surface area contributed by atoms with Gasteiger partial charge < -0.3 is 10.5 Å². The minimum absolute atomic E-state index is 0.429. The fourth-order valence-corrected chi connectivity index (χ4v) is 2.02. The summed E-state index contributed by atoms with van der Waals surface area (Å²) in [6, 6.07) is 7.54. The molecule has 0 unspecified atom stereocenters. The smallest absolute Gasteiger partial charge is 0.130 e. The molecule has 0 saturated carbocycles. The van der Waals surface area contributed by atoms with Crippen LogP contribution >= 0.6 is 11.6 Å². The molecule has 0 aliphatic heterocycles. The highest BCUT2D eigenvalue weighted by molar-refractivity contribution is 6.30. The molecule has 0 atom stereocenters. The minimum Gasteiger partial charge on any atom is -0.487 e. The van der Waals surface area contributed by atoms with Crippen LogP contribution in [0.4, 0.5) is 0 Å². The minimum atomic E-state index is 0.429. The second-order valence-corrected chi connectivity index (χ2v) is 4.79. The fraction of sp³-hybridized carbons (Fsp3) is 0.357. The van der Waals surface area contributed by atoms with E-state index < -0.39 is 0 Å². The highest BCUT2D eigenvalue weighted by Crippen LogP contribution is 2.24. The van der Waals surface area contributed by atoms with Gasteiger partial charge >= 0.3 is 0 Å². The number of benzene rings is 1.